The van der Waals surface area contributed by atoms with Crippen LogP contribution in [0.5, 0.6) is 0 Å². The Balaban J connectivity index is 1.02. The fourth-order valence-corrected chi connectivity index (χ4v) is 5.86. The van der Waals surface area contributed by atoms with Crippen LogP contribution in [-0.4, -0.2) is 44.8 Å². The van der Waals surface area contributed by atoms with Gasteiger partial charge in [0.05, 0.1) is 0 Å². The number of aromatic nitrogens is 4. The molecule has 2 aromatic heterocycles. The van der Waals surface area contributed by atoms with Gasteiger partial charge in [0.1, 0.15) is 5.82 Å². The number of rotatable bonds is 7. The lowest BCUT2D eigenvalue weighted by Gasteiger charge is -2.35. The van der Waals surface area contributed by atoms with E-state index in [0.717, 1.165) is 56.1 Å². The van der Waals surface area contributed by atoms with Crippen LogP contribution in [0, 0.1) is 5.92 Å². The summed E-state index contributed by atoms with van der Waals surface area (Å²) in [6.45, 7) is 0. The number of nitrogens with one attached hydrogen (secondary N) is 2. The number of benzene rings is 1. The molecule has 0 radical (unpaired) electrons. The van der Waals surface area contributed by atoms with E-state index in [9.17, 15) is 4.79 Å². The van der Waals surface area contributed by atoms with Gasteiger partial charge in [-0.15, -0.1) is 0 Å². The summed E-state index contributed by atoms with van der Waals surface area (Å²) in [5, 5.41) is 11.3. The molecule has 0 aliphatic heterocycles. The molecule has 0 atom stereocenters. The quantitative estimate of drug-likeness (QED) is 0.524. The lowest BCUT2D eigenvalue weighted by Crippen LogP contribution is -2.45. The number of hydrogen-bond donors (Lipinski definition) is 2. The van der Waals surface area contributed by atoms with E-state index in [1.807, 2.05) is 17.8 Å². The maximum Gasteiger partial charge on any atom is 0.227 e. The van der Waals surface area contributed by atoms with E-state index < -0.39 is 0 Å². The molecular formula is C28H35N7O. The SMILES string of the molecule is CN(c1nccc(Nc2cc(C3CC3)n(C)n2)n1)C1CCC(NC(=O)C2Cc3ccccc3C2)CC1. The summed E-state index contributed by atoms with van der Waals surface area (Å²) in [7, 11) is 4.08. The van der Waals surface area contributed by atoms with E-state index in [1.165, 1.54) is 29.7 Å². The molecule has 0 bridgehead atoms. The third-order valence-corrected chi connectivity index (χ3v) is 8.14. The lowest BCUT2D eigenvalue weighted by molar-refractivity contribution is -0.125. The maximum absolute atomic E-state index is 12.9. The number of nitrogens with zero attached hydrogens (tertiary/aromatic N) is 5. The third-order valence-electron chi connectivity index (χ3n) is 8.14. The Morgan fingerprint density at radius 3 is 2.42 bits per heavy atom. The highest BCUT2D eigenvalue weighted by molar-refractivity contribution is 5.80. The molecule has 3 aromatic rings. The Morgan fingerprint density at radius 2 is 1.72 bits per heavy atom. The molecule has 2 saturated carbocycles. The summed E-state index contributed by atoms with van der Waals surface area (Å²) in [6.07, 6.45) is 10.0. The molecule has 36 heavy (non-hydrogen) atoms. The molecule has 8 heteroatoms. The van der Waals surface area contributed by atoms with E-state index in [4.69, 9.17) is 4.98 Å². The zero-order chi connectivity index (χ0) is 24.6. The Hall–Kier alpha value is -3.42. The average Bonchev–Trinajstić information content (AvgIpc) is 3.53. The van der Waals surface area contributed by atoms with Crippen molar-refractivity contribution in [3.63, 3.8) is 0 Å². The molecule has 0 unspecified atom stereocenters. The minimum absolute atomic E-state index is 0.0749. The molecule has 3 aliphatic carbocycles. The fraction of sp³-hybridized carbons (Fsp3) is 0.500. The first-order valence-electron chi connectivity index (χ1n) is 13.3. The predicted octanol–water partition coefficient (Wildman–Crippen LogP) is 4.11. The molecular weight excluding hydrogens is 450 g/mol. The summed E-state index contributed by atoms with van der Waals surface area (Å²) >= 11 is 0. The van der Waals surface area contributed by atoms with Crippen LogP contribution < -0.4 is 15.5 Å². The molecule has 0 spiro atoms. The number of carbonyl (C=O) groups is 1. The first-order chi connectivity index (χ1) is 17.5. The fourth-order valence-electron chi connectivity index (χ4n) is 5.86. The van der Waals surface area contributed by atoms with Crippen molar-refractivity contribution >= 4 is 23.5 Å². The molecule has 6 rings (SSSR count). The van der Waals surface area contributed by atoms with Gasteiger partial charge in [-0.2, -0.15) is 10.1 Å². The van der Waals surface area contributed by atoms with E-state index in [1.54, 1.807) is 6.20 Å². The first kappa shape index (κ1) is 23.0. The van der Waals surface area contributed by atoms with Gasteiger partial charge in [0.15, 0.2) is 5.82 Å². The molecule has 2 N–H and O–H groups in total. The van der Waals surface area contributed by atoms with Gasteiger partial charge < -0.3 is 15.5 Å². The van der Waals surface area contributed by atoms with Crippen molar-refractivity contribution in [2.75, 3.05) is 17.3 Å². The minimum atomic E-state index is 0.0749. The van der Waals surface area contributed by atoms with Crippen LogP contribution in [0.15, 0.2) is 42.6 Å². The summed E-state index contributed by atoms with van der Waals surface area (Å²) in [5.41, 5.74) is 3.93. The monoisotopic (exact) mass is 485 g/mol. The number of amides is 1. The van der Waals surface area contributed by atoms with Crippen molar-refractivity contribution in [3.8, 4) is 0 Å². The molecule has 8 nitrogen and oxygen atoms in total. The summed E-state index contributed by atoms with van der Waals surface area (Å²) < 4.78 is 1.97. The van der Waals surface area contributed by atoms with Crippen molar-refractivity contribution in [2.24, 2.45) is 13.0 Å². The zero-order valence-corrected chi connectivity index (χ0v) is 21.2. The normalized spacial score (nSPS) is 21.7. The van der Waals surface area contributed by atoms with Crippen LogP contribution >= 0.6 is 0 Å². The molecule has 1 aromatic carbocycles. The van der Waals surface area contributed by atoms with E-state index in [0.29, 0.717) is 12.0 Å². The molecule has 3 aliphatic rings. The van der Waals surface area contributed by atoms with Gasteiger partial charge >= 0.3 is 0 Å². The van der Waals surface area contributed by atoms with E-state index in [2.05, 4.69) is 63.0 Å². The second kappa shape index (κ2) is 9.56. The van der Waals surface area contributed by atoms with Crippen LogP contribution in [-0.2, 0) is 24.7 Å². The smallest absolute Gasteiger partial charge is 0.227 e. The number of hydrogen-bond acceptors (Lipinski definition) is 6. The number of carbonyl (C=O) groups excluding carboxylic acids is 1. The molecule has 188 valence electrons. The summed E-state index contributed by atoms with van der Waals surface area (Å²) in [4.78, 5) is 24.4. The van der Waals surface area contributed by atoms with E-state index in [-0.39, 0.29) is 17.9 Å². The predicted molar refractivity (Wildman–Crippen MR) is 140 cm³/mol. The topological polar surface area (TPSA) is 88.0 Å². The van der Waals surface area contributed by atoms with Crippen LogP contribution in [0.3, 0.4) is 0 Å². The van der Waals surface area contributed by atoms with Crippen molar-refractivity contribution < 1.29 is 4.79 Å². The highest BCUT2D eigenvalue weighted by atomic mass is 16.1. The van der Waals surface area contributed by atoms with Gasteiger partial charge in [0.2, 0.25) is 11.9 Å². The Kier molecular flexibility index (Phi) is 6.11. The standard InChI is InChI=1S/C28H35N7O/c1-34(28-29-14-13-25(32-28)31-26-17-24(18-7-8-18)35(2)33-26)23-11-9-22(10-12-23)30-27(36)21-15-19-5-3-4-6-20(19)16-21/h3-6,13-14,17-18,21-23H,7-12,15-16H2,1-2H3,(H,30,36)(H,29,31,32,33). The van der Waals surface area contributed by atoms with Gasteiger partial charge in [0, 0.05) is 56.0 Å². The van der Waals surface area contributed by atoms with Gasteiger partial charge in [-0.05, 0) is 68.6 Å². The summed E-state index contributed by atoms with van der Waals surface area (Å²) in [5.74, 6) is 3.24. The average molecular weight is 486 g/mol. The van der Waals surface area contributed by atoms with E-state index >= 15 is 0 Å². The van der Waals surface area contributed by atoms with Crippen LogP contribution in [0.25, 0.3) is 0 Å². The Labute approximate surface area is 212 Å². The van der Waals surface area contributed by atoms with Crippen molar-refractivity contribution in [1.29, 1.82) is 0 Å². The molecule has 2 fully saturated rings. The minimum Gasteiger partial charge on any atom is -0.353 e. The Morgan fingerprint density at radius 1 is 1.00 bits per heavy atom. The van der Waals surface area contributed by atoms with Gasteiger partial charge in [-0.1, -0.05) is 24.3 Å². The second-order valence-electron chi connectivity index (χ2n) is 10.7. The lowest BCUT2D eigenvalue weighted by atomic mass is 9.90. The molecule has 2 heterocycles. The van der Waals surface area contributed by atoms with Crippen LogP contribution in [0.4, 0.5) is 17.6 Å². The molecule has 1 amide bonds. The second-order valence-corrected chi connectivity index (χ2v) is 10.7. The van der Waals surface area contributed by atoms with Crippen molar-refractivity contribution in [2.45, 2.75) is 69.4 Å². The summed E-state index contributed by atoms with van der Waals surface area (Å²) in [6, 6.07) is 13.1. The number of fused-ring (bicyclic) bond motifs is 1. The van der Waals surface area contributed by atoms with Crippen molar-refractivity contribution in [1.82, 2.24) is 25.1 Å². The highest BCUT2D eigenvalue weighted by Crippen LogP contribution is 2.40. The van der Waals surface area contributed by atoms with Gasteiger partial charge in [0.25, 0.3) is 0 Å². The Bertz CT molecular complexity index is 1220. The largest absolute Gasteiger partial charge is 0.353 e. The van der Waals surface area contributed by atoms with Gasteiger partial charge in [-0.25, -0.2) is 4.98 Å². The number of aryl methyl sites for hydroxylation is 1. The van der Waals surface area contributed by atoms with Crippen LogP contribution in [0.1, 0.15) is 61.3 Å². The third kappa shape index (κ3) is 4.81. The van der Waals surface area contributed by atoms with Crippen LogP contribution in [0.2, 0.25) is 0 Å². The van der Waals surface area contributed by atoms with Gasteiger partial charge in [-0.3, -0.25) is 9.48 Å². The molecule has 0 saturated heterocycles. The zero-order valence-electron chi connectivity index (χ0n) is 21.2. The van der Waals surface area contributed by atoms with Crippen molar-refractivity contribution in [3.05, 3.63) is 59.4 Å². The number of anilines is 3. The maximum atomic E-state index is 12.9. The highest BCUT2D eigenvalue weighted by Gasteiger charge is 2.31. The first-order valence-corrected chi connectivity index (χ1v) is 13.3.